The fourth-order valence-corrected chi connectivity index (χ4v) is 2.65. The summed E-state index contributed by atoms with van der Waals surface area (Å²) >= 11 is 0. The molecule has 2 rings (SSSR count). The van der Waals surface area contributed by atoms with Gasteiger partial charge in [0.1, 0.15) is 0 Å². The van der Waals surface area contributed by atoms with Crippen molar-refractivity contribution in [2.45, 2.75) is 38.3 Å². The molecule has 0 saturated heterocycles. The molecule has 0 atom stereocenters. The number of carbonyl (C=O) groups is 1. The predicted molar refractivity (Wildman–Crippen MR) is 81.8 cm³/mol. The number of ether oxygens (including phenoxy) is 1. The Kier molecular flexibility index (Phi) is 6.63. The first-order chi connectivity index (χ1) is 10.3. The third-order valence-corrected chi connectivity index (χ3v) is 3.89. The molecule has 5 nitrogen and oxygen atoms in total. The SMILES string of the molecule is COCCN(Cc1ccccn1)C(=O)CNC1CCCC1. The van der Waals surface area contributed by atoms with Crippen LogP contribution in [0, 0.1) is 0 Å². The molecule has 116 valence electrons. The van der Waals surface area contributed by atoms with Gasteiger partial charge >= 0.3 is 0 Å². The number of amides is 1. The van der Waals surface area contributed by atoms with Gasteiger partial charge < -0.3 is 15.0 Å². The lowest BCUT2D eigenvalue weighted by Crippen LogP contribution is -2.42. The summed E-state index contributed by atoms with van der Waals surface area (Å²) in [7, 11) is 1.65. The Morgan fingerprint density at radius 3 is 2.90 bits per heavy atom. The zero-order valence-electron chi connectivity index (χ0n) is 12.8. The molecule has 1 fully saturated rings. The highest BCUT2D eigenvalue weighted by atomic mass is 16.5. The molecule has 1 N–H and O–H groups in total. The van der Waals surface area contributed by atoms with Gasteiger partial charge in [0.15, 0.2) is 0 Å². The highest BCUT2D eigenvalue weighted by molar-refractivity contribution is 5.78. The van der Waals surface area contributed by atoms with Gasteiger partial charge in [0.05, 0.1) is 25.4 Å². The summed E-state index contributed by atoms with van der Waals surface area (Å²) in [5.41, 5.74) is 0.905. The first kappa shape index (κ1) is 15.9. The molecule has 1 aliphatic rings. The average Bonchev–Trinajstić information content (AvgIpc) is 3.03. The van der Waals surface area contributed by atoms with Crippen molar-refractivity contribution in [3.63, 3.8) is 0 Å². The Labute approximate surface area is 126 Å². The summed E-state index contributed by atoms with van der Waals surface area (Å²) in [6.45, 7) is 2.08. The molecule has 0 bridgehead atoms. The lowest BCUT2D eigenvalue weighted by Gasteiger charge is -2.23. The van der Waals surface area contributed by atoms with Gasteiger partial charge in [0, 0.05) is 25.9 Å². The minimum Gasteiger partial charge on any atom is -0.383 e. The number of nitrogens with zero attached hydrogens (tertiary/aromatic N) is 2. The second-order valence-corrected chi connectivity index (χ2v) is 5.49. The number of nitrogens with one attached hydrogen (secondary N) is 1. The van der Waals surface area contributed by atoms with Gasteiger partial charge in [-0.25, -0.2) is 0 Å². The van der Waals surface area contributed by atoms with Crippen molar-refractivity contribution in [2.75, 3.05) is 26.8 Å². The normalized spacial score (nSPS) is 15.3. The Morgan fingerprint density at radius 1 is 1.43 bits per heavy atom. The number of hydrogen-bond donors (Lipinski definition) is 1. The highest BCUT2D eigenvalue weighted by Crippen LogP contribution is 2.17. The van der Waals surface area contributed by atoms with Crippen molar-refractivity contribution in [1.29, 1.82) is 0 Å². The topological polar surface area (TPSA) is 54.5 Å². The van der Waals surface area contributed by atoms with E-state index >= 15 is 0 Å². The van der Waals surface area contributed by atoms with Gasteiger partial charge in [-0.3, -0.25) is 9.78 Å². The highest BCUT2D eigenvalue weighted by Gasteiger charge is 2.18. The monoisotopic (exact) mass is 291 g/mol. The van der Waals surface area contributed by atoms with Crippen LogP contribution in [0.2, 0.25) is 0 Å². The van der Waals surface area contributed by atoms with Crippen LogP contribution in [0.5, 0.6) is 0 Å². The van der Waals surface area contributed by atoms with E-state index in [1.54, 1.807) is 13.3 Å². The van der Waals surface area contributed by atoms with Crippen LogP contribution >= 0.6 is 0 Å². The molecule has 1 heterocycles. The van der Waals surface area contributed by atoms with Crippen LogP contribution in [0.1, 0.15) is 31.4 Å². The van der Waals surface area contributed by atoms with E-state index in [0.717, 1.165) is 5.69 Å². The molecule has 1 aromatic rings. The van der Waals surface area contributed by atoms with Crippen LogP contribution in [0.25, 0.3) is 0 Å². The second kappa shape index (κ2) is 8.74. The van der Waals surface area contributed by atoms with E-state index in [4.69, 9.17) is 4.74 Å². The van der Waals surface area contributed by atoms with Crippen molar-refractivity contribution in [3.05, 3.63) is 30.1 Å². The van der Waals surface area contributed by atoms with Crippen molar-refractivity contribution in [1.82, 2.24) is 15.2 Å². The molecule has 21 heavy (non-hydrogen) atoms. The summed E-state index contributed by atoms with van der Waals surface area (Å²) in [5.74, 6) is 0.115. The van der Waals surface area contributed by atoms with Gasteiger partial charge in [0.2, 0.25) is 5.91 Å². The summed E-state index contributed by atoms with van der Waals surface area (Å²) in [6, 6.07) is 6.27. The smallest absolute Gasteiger partial charge is 0.236 e. The van der Waals surface area contributed by atoms with Crippen LogP contribution in [-0.4, -0.2) is 48.6 Å². The van der Waals surface area contributed by atoms with Gasteiger partial charge in [0.25, 0.3) is 0 Å². The molecule has 0 aromatic carbocycles. The average molecular weight is 291 g/mol. The van der Waals surface area contributed by atoms with Crippen molar-refractivity contribution in [3.8, 4) is 0 Å². The summed E-state index contributed by atoms with van der Waals surface area (Å²) in [4.78, 5) is 18.5. The zero-order valence-corrected chi connectivity index (χ0v) is 12.8. The third kappa shape index (κ3) is 5.44. The Hall–Kier alpha value is -1.46. The van der Waals surface area contributed by atoms with E-state index in [1.165, 1.54) is 25.7 Å². The van der Waals surface area contributed by atoms with Crippen molar-refractivity contribution < 1.29 is 9.53 Å². The number of methoxy groups -OCH3 is 1. The summed E-state index contributed by atoms with van der Waals surface area (Å²) in [6.07, 6.45) is 6.67. The maximum atomic E-state index is 12.4. The molecule has 1 aromatic heterocycles. The molecule has 0 aliphatic heterocycles. The van der Waals surface area contributed by atoms with E-state index in [9.17, 15) is 4.79 Å². The van der Waals surface area contributed by atoms with Crippen LogP contribution in [0.15, 0.2) is 24.4 Å². The summed E-state index contributed by atoms with van der Waals surface area (Å²) < 4.78 is 5.10. The number of aromatic nitrogens is 1. The maximum absolute atomic E-state index is 12.4. The van der Waals surface area contributed by atoms with Gasteiger partial charge in [-0.15, -0.1) is 0 Å². The molecular weight excluding hydrogens is 266 g/mol. The fourth-order valence-electron chi connectivity index (χ4n) is 2.65. The van der Waals surface area contributed by atoms with Gasteiger partial charge in [-0.2, -0.15) is 0 Å². The molecule has 1 saturated carbocycles. The largest absolute Gasteiger partial charge is 0.383 e. The standard InChI is InChI=1S/C16H25N3O2/c1-21-11-10-19(13-15-8-4-5-9-17-15)16(20)12-18-14-6-2-3-7-14/h4-5,8-9,14,18H,2-3,6-7,10-13H2,1H3. The maximum Gasteiger partial charge on any atom is 0.236 e. The number of pyridine rings is 1. The van der Waals surface area contributed by atoms with Crippen LogP contribution < -0.4 is 5.32 Å². The zero-order chi connectivity index (χ0) is 14.9. The van der Waals surface area contributed by atoms with E-state index in [1.807, 2.05) is 23.1 Å². The lowest BCUT2D eigenvalue weighted by molar-refractivity contribution is -0.131. The molecule has 0 spiro atoms. The lowest BCUT2D eigenvalue weighted by atomic mass is 10.2. The first-order valence-corrected chi connectivity index (χ1v) is 7.69. The van der Waals surface area contributed by atoms with Crippen molar-refractivity contribution >= 4 is 5.91 Å². The summed E-state index contributed by atoms with van der Waals surface area (Å²) in [5, 5.41) is 3.37. The molecular formula is C16H25N3O2. The fraction of sp³-hybridized carbons (Fsp3) is 0.625. The predicted octanol–water partition coefficient (Wildman–Crippen LogP) is 1.59. The number of hydrogen-bond acceptors (Lipinski definition) is 4. The quantitative estimate of drug-likeness (QED) is 0.790. The number of rotatable bonds is 8. The van der Waals surface area contributed by atoms with Crippen LogP contribution in [-0.2, 0) is 16.1 Å². The minimum absolute atomic E-state index is 0.115. The third-order valence-electron chi connectivity index (χ3n) is 3.89. The van der Waals surface area contributed by atoms with E-state index in [-0.39, 0.29) is 5.91 Å². The van der Waals surface area contributed by atoms with Crippen LogP contribution in [0.4, 0.5) is 0 Å². The second-order valence-electron chi connectivity index (χ2n) is 5.49. The van der Waals surface area contributed by atoms with E-state index < -0.39 is 0 Å². The molecule has 1 amide bonds. The minimum atomic E-state index is 0.115. The van der Waals surface area contributed by atoms with Gasteiger partial charge in [-0.1, -0.05) is 18.9 Å². The Bertz CT molecular complexity index is 419. The molecule has 0 radical (unpaired) electrons. The van der Waals surface area contributed by atoms with Gasteiger partial charge in [-0.05, 0) is 25.0 Å². The molecule has 1 aliphatic carbocycles. The Morgan fingerprint density at radius 2 is 2.24 bits per heavy atom. The van der Waals surface area contributed by atoms with Crippen LogP contribution in [0.3, 0.4) is 0 Å². The molecule has 0 unspecified atom stereocenters. The van der Waals surface area contributed by atoms with Crippen molar-refractivity contribution in [2.24, 2.45) is 0 Å². The number of carbonyl (C=O) groups excluding carboxylic acids is 1. The van der Waals surface area contributed by atoms with E-state index in [0.29, 0.717) is 32.3 Å². The first-order valence-electron chi connectivity index (χ1n) is 7.69. The Balaban J connectivity index is 1.86. The van der Waals surface area contributed by atoms with E-state index in [2.05, 4.69) is 10.3 Å². The molecule has 5 heteroatoms.